The van der Waals surface area contributed by atoms with Gasteiger partial charge in [0.15, 0.2) is 0 Å². The smallest absolute Gasteiger partial charge is 0.263 e. The first kappa shape index (κ1) is 16.3. The van der Waals surface area contributed by atoms with Crippen molar-refractivity contribution < 1.29 is 9.53 Å². The summed E-state index contributed by atoms with van der Waals surface area (Å²) in [5.74, 6) is 1.16. The Kier molecular flexibility index (Phi) is 3.81. The molecule has 2 N–H and O–H groups in total. The fourth-order valence-corrected chi connectivity index (χ4v) is 6.19. The zero-order chi connectivity index (χ0) is 17.7. The van der Waals surface area contributed by atoms with Gasteiger partial charge >= 0.3 is 0 Å². The maximum Gasteiger partial charge on any atom is 0.263 e. The van der Waals surface area contributed by atoms with Crippen LogP contribution in [0.2, 0.25) is 0 Å². The maximum atomic E-state index is 12.9. The van der Waals surface area contributed by atoms with Crippen molar-refractivity contribution in [3.8, 4) is 5.75 Å². The molecule has 1 amide bonds. The molecule has 1 fully saturated rings. The lowest BCUT2D eigenvalue weighted by atomic mass is 9.74. The normalized spacial score (nSPS) is 18.3. The molecule has 1 spiro atoms. The van der Waals surface area contributed by atoms with E-state index in [1.807, 2.05) is 23.1 Å². The topological polar surface area (TPSA) is 55.6 Å². The number of piperidine rings is 1. The molecule has 2 aromatic heterocycles. The Morgan fingerprint density at radius 1 is 1.23 bits per heavy atom. The van der Waals surface area contributed by atoms with Crippen LogP contribution in [0.5, 0.6) is 5.75 Å². The van der Waals surface area contributed by atoms with Gasteiger partial charge in [-0.1, -0.05) is 12.1 Å². The van der Waals surface area contributed by atoms with Crippen molar-refractivity contribution in [1.29, 1.82) is 0 Å². The first-order valence-electron chi connectivity index (χ1n) is 8.91. The number of hydrogen-bond acceptors (Lipinski definition) is 5. The maximum absolute atomic E-state index is 12.9. The zero-order valence-corrected chi connectivity index (χ0v) is 16.0. The molecule has 1 aromatic carbocycles. The Morgan fingerprint density at radius 3 is 2.85 bits per heavy atom. The number of carbonyl (C=O) groups is 1. The molecule has 3 aromatic rings. The number of rotatable bonds is 2. The minimum absolute atomic E-state index is 0.0348. The highest BCUT2D eigenvalue weighted by Gasteiger charge is 2.44. The van der Waals surface area contributed by atoms with E-state index in [4.69, 9.17) is 10.5 Å². The van der Waals surface area contributed by atoms with Crippen molar-refractivity contribution >= 4 is 38.0 Å². The highest BCUT2D eigenvalue weighted by molar-refractivity contribution is 7.38. The lowest BCUT2D eigenvalue weighted by Gasteiger charge is -2.38. The average molecular weight is 385 g/mol. The van der Waals surface area contributed by atoms with E-state index in [2.05, 4.69) is 17.5 Å². The number of benzene rings is 1. The van der Waals surface area contributed by atoms with Gasteiger partial charge in [-0.25, -0.2) is 0 Å². The third-order valence-electron chi connectivity index (χ3n) is 5.72. The number of nitrogens with zero attached hydrogens (tertiary/aromatic N) is 1. The summed E-state index contributed by atoms with van der Waals surface area (Å²) in [4.78, 5) is 15.8. The summed E-state index contributed by atoms with van der Waals surface area (Å²) in [5, 5.41) is 3.26. The molecule has 0 atom stereocenters. The SMILES string of the molecule is NCc1ccc2c(c1)C1(CCN(C(=O)c3cc4ccsc4s3)CC1)CO2. The van der Waals surface area contributed by atoms with Crippen LogP contribution < -0.4 is 10.5 Å². The fourth-order valence-electron chi connectivity index (χ4n) is 4.12. The average Bonchev–Trinajstić information content (AvgIpc) is 3.36. The van der Waals surface area contributed by atoms with Crippen molar-refractivity contribution in [2.75, 3.05) is 19.7 Å². The molecule has 0 saturated carbocycles. The molecule has 0 aliphatic carbocycles. The van der Waals surface area contributed by atoms with E-state index < -0.39 is 0 Å². The van der Waals surface area contributed by atoms with Crippen molar-refractivity contribution in [2.24, 2.45) is 5.73 Å². The van der Waals surface area contributed by atoms with Gasteiger partial charge in [-0.15, -0.1) is 22.7 Å². The molecular formula is C20H20N2O2S2. The molecule has 1 saturated heterocycles. The molecule has 0 unspecified atom stereocenters. The molecule has 2 aliphatic rings. The summed E-state index contributed by atoms with van der Waals surface area (Å²) in [6.45, 7) is 2.82. The number of carbonyl (C=O) groups excluding carboxylic acids is 1. The summed E-state index contributed by atoms with van der Waals surface area (Å²) < 4.78 is 7.19. The quantitative estimate of drug-likeness (QED) is 0.727. The highest BCUT2D eigenvalue weighted by atomic mass is 32.2. The van der Waals surface area contributed by atoms with Gasteiger partial charge in [0.2, 0.25) is 0 Å². The Bertz CT molecular complexity index is 954. The van der Waals surface area contributed by atoms with Crippen LogP contribution in [-0.4, -0.2) is 30.5 Å². The van der Waals surface area contributed by atoms with Crippen molar-refractivity contribution in [2.45, 2.75) is 24.8 Å². The molecule has 4 heterocycles. The van der Waals surface area contributed by atoms with Crippen LogP contribution in [-0.2, 0) is 12.0 Å². The number of amides is 1. The molecule has 5 rings (SSSR count). The molecule has 4 nitrogen and oxygen atoms in total. The van der Waals surface area contributed by atoms with E-state index >= 15 is 0 Å². The largest absolute Gasteiger partial charge is 0.492 e. The van der Waals surface area contributed by atoms with Gasteiger partial charge in [0, 0.05) is 36.0 Å². The highest BCUT2D eigenvalue weighted by Crippen LogP contribution is 2.46. The Morgan fingerprint density at radius 2 is 2.08 bits per heavy atom. The van der Waals surface area contributed by atoms with Gasteiger partial charge in [0.25, 0.3) is 5.91 Å². The van der Waals surface area contributed by atoms with Crippen LogP contribution in [0.4, 0.5) is 0 Å². The van der Waals surface area contributed by atoms with Crippen LogP contribution in [0, 0.1) is 0 Å². The monoisotopic (exact) mass is 384 g/mol. The van der Waals surface area contributed by atoms with Crippen LogP contribution in [0.15, 0.2) is 35.7 Å². The predicted molar refractivity (Wildman–Crippen MR) is 106 cm³/mol. The third-order valence-corrected chi connectivity index (χ3v) is 7.92. The molecule has 134 valence electrons. The lowest BCUT2D eigenvalue weighted by Crippen LogP contribution is -2.45. The zero-order valence-electron chi connectivity index (χ0n) is 14.4. The first-order chi connectivity index (χ1) is 12.7. The minimum atomic E-state index is 0.0348. The van der Waals surface area contributed by atoms with Crippen molar-refractivity contribution in [1.82, 2.24) is 4.90 Å². The fraction of sp³-hybridized carbons (Fsp3) is 0.350. The van der Waals surface area contributed by atoms with Gasteiger partial charge in [0.1, 0.15) is 5.75 Å². The number of hydrogen-bond donors (Lipinski definition) is 1. The van der Waals surface area contributed by atoms with Crippen molar-refractivity contribution in [3.05, 3.63) is 51.7 Å². The van der Waals surface area contributed by atoms with E-state index in [9.17, 15) is 4.79 Å². The summed E-state index contributed by atoms with van der Waals surface area (Å²) in [6, 6.07) is 10.4. The standard InChI is InChI=1S/C20H20N2O2S2/c21-11-13-1-2-16-15(9-13)20(12-24-16)4-6-22(7-5-20)18(23)17-10-14-3-8-25-19(14)26-17/h1-3,8-10H,4-7,11-12,21H2. The first-order valence-corrected chi connectivity index (χ1v) is 10.6. The second-order valence-corrected chi connectivity index (χ2v) is 9.40. The summed E-state index contributed by atoms with van der Waals surface area (Å²) in [5.41, 5.74) is 8.28. The third kappa shape index (κ3) is 2.47. The van der Waals surface area contributed by atoms with Crippen LogP contribution in [0.1, 0.15) is 33.6 Å². The number of ether oxygens (including phenoxy) is 1. The molecule has 2 aliphatic heterocycles. The molecule has 0 radical (unpaired) electrons. The van der Waals surface area contributed by atoms with E-state index in [-0.39, 0.29) is 11.3 Å². The lowest BCUT2D eigenvalue weighted by molar-refractivity contribution is 0.0651. The number of nitrogens with two attached hydrogens (primary N) is 1. The van der Waals surface area contributed by atoms with E-state index in [0.29, 0.717) is 13.2 Å². The predicted octanol–water partition coefficient (Wildman–Crippen LogP) is 3.99. The Balaban J connectivity index is 1.35. The Labute approximate surface area is 160 Å². The molecular weight excluding hydrogens is 364 g/mol. The number of thiophene rings is 2. The molecule has 0 bridgehead atoms. The van der Waals surface area contributed by atoms with Gasteiger partial charge in [-0.3, -0.25) is 4.79 Å². The minimum Gasteiger partial charge on any atom is -0.492 e. The number of likely N-dealkylation sites (tertiary alicyclic amines) is 1. The van der Waals surface area contributed by atoms with Crippen LogP contribution in [0.3, 0.4) is 0 Å². The van der Waals surface area contributed by atoms with Gasteiger partial charge < -0.3 is 15.4 Å². The van der Waals surface area contributed by atoms with E-state index in [0.717, 1.165) is 42.1 Å². The van der Waals surface area contributed by atoms with Crippen molar-refractivity contribution in [3.63, 3.8) is 0 Å². The second-order valence-electron chi connectivity index (χ2n) is 7.17. The molecule has 26 heavy (non-hydrogen) atoms. The van der Waals surface area contributed by atoms with Crippen LogP contribution >= 0.6 is 22.7 Å². The Hall–Kier alpha value is -1.89. The number of fused-ring (bicyclic) bond motifs is 3. The van der Waals surface area contributed by atoms with Gasteiger partial charge in [-0.2, -0.15) is 0 Å². The van der Waals surface area contributed by atoms with Gasteiger partial charge in [-0.05, 0) is 42.0 Å². The summed E-state index contributed by atoms with van der Waals surface area (Å²) >= 11 is 3.32. The molecule has 6 heteroatoms. The van der Waals surface area contributed by atoms with Crippen LogP contribution in [0.25, 0.3) is 9.40 Å². The van der Waals surface area contributed by atoms with Gasteiger partial charge in [0.05, 0.1) is 15.5 Å². The summed E-state index contributed by atoms with van der Waals surface area (Å²) in [7, 11) is 0. The second kappa shape index (κ2) is 6.08. The van der Waals surface area contributed by atoms with E-state index in [1.54, 1.807) is 22.7 Å². The summed E-state index contributed by atoms with van der Waals surface area (Å²) in [6.07, 6.45) is 1.89. The van der Waals surface area contributed by atoms with E-state index in [1.165, 1.54) is 15.0 Å².